The first-order chi connectivity index (χ1) is 16.8. The van der Waals surface area contributed by atoms with Crippen LogP contribution >= 0.6 is 0 Å². The highest BCUT2D eigenvalue weighted by Gasteiger charge is 2.24. The fourth-order valence-corrected chi connectivity index (χ4v) is 4.33. The van der Waals surface area contributed by atoms with Crippen LogP contribution in [0.5, 0.6) is 0 Å². The van der Waals surface area contributed by atoms with Crippen molar-refractivity contribution >= 4 is 17.4 Å². The second kappa shape index (κ2) is 10.1. The van der Waals surface area contributed by atoms with Gasteiger partial charge in [0.25, 0.3) is 0 Å². The molecule has 36 heavy (non-hydrogen) atoms. The van der Waals surface area contributed by atoms with Crippen LogP contribution in [-0.4, -0.2) is 33.4 Å². The minimum absolute atomic E-state index is 0.0723. The normalized spacial score (nSPS) is 11.7. The minimum Gasteiger partial charge on any atom is -0.389 e. The molecule has 0 aliphatic carbocycles. The Morgan fingerprint density at radius 2 is 1.42 bits per heavy atom. The predicted octanol–water partition coefficient (Wildman–Crippen LogP) is 4.19. The van der Waals surface area contributed by atoms with Crippen LogP contribution in [0.1, 0.15) is 68.5 Å². The van der Waals surface area contributed by atoms with Gasteiger partial charge in [-0.1, -0.05) is 5.16 Å². The summed E-state index contributed by atoms with van der Waals surface area (Å²) in [5.74, 6) is 0.0445. The summed E-state index contributed by atoms with van der Waals surface area (Å²) < 4.78 is 6.42. The van der Waals surface area contributed by atoms with Gasteiger partial charge in [0, 0.05) is 26.6 Å². The lowest BCUT2D eigenvalue weighted by Gasteiger charge is -2.21. The maximum atomic E-state index is 12.0. The average Bonchev–Trinajstić information content (AvgIpc) is 3.17. The summed E-state index contributed by atoms with van der Waals surface area (Å²) in [5, 5.41) is 4.48. The maximum Gasteiger partial charge on any atom is 0.460 e. The third-order valence-electron chi connectivity index (χ3n) is 7.44. The number of aromatic nitrogens is 3. The number of oxime groups is 1. The zero-order valence-corrected chi connectivity index (χ0v) is 23.1. The van der Waals surface area contributed by atoms with Gasteiger partial charge in [0.05, 0.1) is 5.69 Å². The van der Waals surface area contributed by atoms with Gasteiger partial charge in [0.1, 0.15) is 5.82 Å². The Labute approximate surface area is 211 Å². The van der Waals surface area contributed by atoms with Gasteiger partial charge in [-0.3, -0.25) is 9.69 Å². The summed E-state index contributed by atoms with van der Waals surface area (Å²) in [6, 6.07) is 0. The number of anilines is 1. The summed E-state index contributed by atoms with van der Waals surface area (Å²) in [5.41, 5.74) is 10.4. The first-order valence-electron chi connectivity index (χ1n) is 11.8. The van der Waals surface area contributed by atoms with Crippen molar-refractivity contribution in [2.75, 3.05) is 11.9 Å². The second-order valence-electron chi connectivity index (χ2n) is 9.34. The fraction of sp³-hybridized carbons (Fsp3) is 0.444. The third kappa shape index (κ3) is 4.69. The molecule has 0 spiro atoms. The van der Waals surface area contributed by atoms with Gasteiger partial charge >= 0.3 is 5.76 Å². The van der Waals surface area contributed by atoms with E-state index in [4.69, 9.17) is 14.3 Å². The highest BCUT2D eigenvalue weighted by atomic mass is 16.6. The van der Waals surface area contributed by atoms with Crippen LogP contribution in [0.25, 0.3) is 0 Å². The van der Waals surface area contributed by atoms with Crippen molar-refractivity contribution in [2.24, 2.45) is 12.2 Å². The molecule has 1 amide bonds. The molecule has 0 aliphatic rings. The molecule has 0 N–H and O–H groups in total. The van der Waals surface area contributed by atoms with E-state index in [1.54, 1.807) is 14.1 Å². The molecule has 0 unspecified atom stereocenters. The van der Waals surface area contributed by atoms with Crippen molar-refractivity contribution in [3.63, 3.8) is 0 Å². The van der Waals surface area contributed by atoms with Crippen LogP contribution in [0.3, 0.4) is 0 Å². The number of aryl methyl sites for hydroxylation is 1. The van der Waals surface area contributed by atoms with Crippen molar-refractivity contribution in [1.82, 2.24) is 14.7 Å². The molecule has 0 aliphatic heterocycles. The molecule has 0 radical (unpaired) electrons. The second-order valence-corrected chi connectivity index (χ2v) is 9.34. The van der Waals surface area contributed by atoms with Crippen LogP contribution < -0.4 is 10.7 Å². The van der Waals surface area contributed by atoms with Gasteiger partial charge in [0.15, 0.2) is 18.1 Å². The molecule has 3 rings (SSSR count). The topological polar surface area (TPSA) is 103 Å². The maximum absolute atomic E-state index is 12.0. The number of hydrogen-bond donors (Lipinski definition) is 0. The SMILES string of the molecule is CC(=O)N(C)c1nc(CON=C(c2c(C)c(C)c(C)c(C)c2C)c2nc(=O)on2C)c(C)c(C)c1C. The molecule has 9 heteroatoms. The molecular formula is C27H35N5O4. The number of hydrogen-bond acceptors (Lipinski definition) is 7. The number of carbonyl (C=O) groups excluding carboxylic acids is 1. The van der Waals surface area contributed by atoms with Crippen LogP contribution in [0.2, 0.25) is 0 Å². The average molecular weight is 494 g/mol. The Hall–Kier alpha value is -3.75. The van der Waals surface area contributed by atoms with E-state index in [0.29, 0.717) is 17.2 Å². The predicted molar refractivity (Wildman–Crippen MR) is 140 cm³/mol. The monoisotopic (exact) mass is 493 g/mol. The van der Waals surface area contributed by atoms with Crippen LogP contribution in [0.15, 0.2) is 14.5 Å². The van der Waals surface area contributed by atoms with Crippen molar-refractivity contribution < 1.29 is 14.2 Å². The third-order valence-corrected chi connectivity index (χ3v) is 7.44. The molecule has 192 valence electrons. The molecule has 0 saturated heterocycles. The van der Waals surface area contributed by atoms with Gasteiger partial charge in [-0.2, -0.15) is 9.72 Å². The standard InChI is InChI=1S/C27H35N5O4/c1-13-14(2)18(6)23(19(7)15(13)3)24(26-29-27(34)36-32(26)11)30-35-12-22-17(5)16(4)20(8)25(28-22)31(10)21(9)33/h12H2,1-11H3. The summed E-state index contributed by atoms with van der Waals surface area (Å²) in [7, 11) is 3.31. The Morgan fingerprint density at radius 3 is 1.92 bits per heavy atom. The summed E-state index contributed by atoms with van der Waals surface area (Å²) >= 11 is 0. The van der Waals surface area contributed by atoms with E-state index in [1.165, 1.54) is 22.1 Å². The van der Waals surface area contributed by atoms with Crippen LogP contribution in [-0.2, 0) is 23.3 Å². The number of rotatable bonds is 6. The molecule has 2 aromatic heterocycles. The molecule has 0 bridgehead atoms. The number of nitrogens with zero attached hydrogens (tertiary/aromatic N) is 5. The number of carbonyl (C=O) groups is 1. The highest BCUT2D eigenvalue weighted by molar-refractivity contribution is 6.12. The molecule has 0 fully saturated rings. The minimum atomic E-state index is -0.709. The van der Waals surface area contributed by atoms with Gasteiger partial charge in [0.2, 0.25) is 5.91 Å². The highest BCUT2D eigenvalue weighted by Crippen LogP contribution is 2.29. The van der Waals surface area contributed by atoms with E-state index < -0.39 is 5.76 Å². The van der Waals surface area contributed by atoms with Crippen molar-refractivity contribution in [3.8, 4) is 0 Å². The fourth-order valence-electron chi connectivity index (χ4n) is 4.33. The first kappa shape index (κ1) is 26.8. The molecule has 0 atom stereocenters. The van der Waals surface area contributed by atoms with Crippen LogP contribution in [0.4, 0.5) is 5.82 Å². The number of benzene rings is 1. The summed E-state index contributed by atoms with van der Waals surface area (Å²) in [4.78, 5) is 40.1. The Morgan fingerprint density at radius 1 is 0.889 bits per heavy atom. The van der Waals surface area contributed by atoms with E-state index in [2.05, 4.69) is 30.9 Å². The van der Waals surface area contributed by atoms with Crippen molar-refractivity contribution in [1.29, 1.82) is 0 Å². The zero-order valence-electron chi connectivity index (χ0n) is 23.1. The van der Waals surface area contributed by atoms with Gasteiger partial charge in [-0.25, -0.2) is 9.78 Å². The van der Waals surface area contributed by atoms with E-state index >= 15 is 0 Å². The lowest BCUT2D eigenvalue weighted by Crippen LogP contribution is -2.26. The Bertz CT molecular complexity index is 1420. The zero-order chi connectivity index (χ0) is 27.1. The van der Waals surface area contributed by atoms with Crippen molar-refractivity contribution in [3.05, 3.63) is 72.1 Å². The first-order valence-corrected chi connectivity index (χ1v) is 11.8. The smallest absolute Gasteiger partial charge is 0.389 e. The number of amides is 1. The van der Waals surface area contributed by atoms with Crippen molar-refractivity contribution in [2.45, 2.75) is 68.9 Å². The van der Waals surface area contributed by atoms with E-state index in [-0.39, 0.29) is 18.3 Å². The van der Waals surface area contributed by atoms with E-state index in [0.717, 1.165) is 44.5 Å². The van der Waals surface area contributed by atoms with Gasteiger partial charge < -0.3 is 9.36 Å². The van der Waals surface area contributed by atoms with E-state index in [9.17, 15) is 9.59 Å². The lowest BCUT2D eigenvalue weighted by molar-refractivity contribution is -0.116. The van der Waals surface area contributed by atoms with Gasteiger partial charge in [-0.05, 0) is 99.9 Å². The molecule has 2 heterocycles. The van der Waals surface area contributed by atoms with Crippen LogP contribution in [0, 0.1) is 55.4 Å². The van der Waals surface area contributed by atoms with E-state index in [1.807, 2.05) is 34.6 Å². The quantitative estimate of drug-likeness (QED) is 0.377. The lowest BCUT2D eigenvalue weighted by atomic mass is 9.87. The molecule has 0 saturated carbocycles. The molecule has 1 aromatic carbocycles. The molecular weight excluding hydrogens is 458 g/mol. The Kier molecular flexibility index (Phi) is 7.52. The Balaban J connectivity index is 2.14. The molecule has 3 aromatic rings. The summed E-state index contributed by atoms with van der Waals surface area (Å²) in [6.07, 6.45) is 0. The largest absolute Gasteiger partial charge is 0.460 e. The number of pyridine rings is 1. The van der Waals surface area contributed by atoms with Gasteiger partial charge in [-0.15, -0.1) is 0 Å². The molecule has 9 nitrogen and oxygen atoms in total. The summed E-state index contributed by atoms with van der Waals surface area (Å²) in [6.45, 7) is 17.8.